The second-order valence-corrected chi connectivity index (χ2v) is 9.83. The minimum Gasteiger partial charge on any atom is -0.335 e. The number of hydrogen-bond acceptors (Lipinski definition) is 4. The molecule has 0 saturated carbocycles. The van der Waals surface area contributed by atoms with E-state index in [4.69, 9.17) is 11.6 Å². The minimum atomic E-state index is -3.56. The van der Waals surface area contributed by atoms with Crippen molar-refractivity contribution in [3.05, 3.63) is 50.7 Å². The van der Waals surface area contributed by atoms with Crippen LogP contribution in [0.4, 0.5) is 0 Å². The van der Waals surface area contributed by atoms with Gasteiger partial charge >= 0.3 is 0 Å². The number of benzene rings is 1. The molecule has 26 heavy (non-hydrogen) atoms. The molecular formula is C18H21ClN2O3S2. The molecule has 0 aliphatic carbocycles. The van der Waals surface area contributed by atoms with Crippen LogP contribution in [0.3, 0.4) is 0 Å². The van der Waals surface area contributed by atoms with Gasteiger partial charge in [-0.2, -0.15) is 4.31 Å². The molecule has 0 bridgehead atoms. The van der Waals surface area contributed by atoms with Crippen molar-refractivity contribution in [2.75, 3.05) is 26.2 Å². The van der Waals surface area contributed by atoms with E-state index >= 15 is 0 Å². The lowest BCUT2D eigenvalue weighted by Gasteiger charge is -2.33. The summed E-state index contributed by atoms with van der Waals surface area (Å²) in [4.78, 5) is 16.6. The molecule has 1 aliphatic heterocycles. The Kier molecular flexibility index (Phi) is 5.72. The molecule has 1 aliphatic rings. The van der Waals surface area contributed by atoms with Crippen molar-refractivity contribution in [2.45, 2.75) is 25.2 Å². The SMILES string of the molecule is CCc1cc(C(=O)N2CCN(S(=O)(=O)c3ccc(Cl)cc3)CC2)sc1C. The van der Waals surface area contributed by atoms with E-state index in [1.165, 1.54) is 38.2 Å². The predicted octanol–water partition coefficient (Wildman–Crippen LogP) is 3.42. The summed E-state index contributed by atoms with van der Waals surface area (Å²) in [7, 11) is -3.56. The number of sulfonamides is 1. The number of carbonyl (C=O) groups excluding carboxylic acids is 1. The van der Waals surface area contributed by atoms with Crippen molar-refractivity contribution in [1.82, 2.24) is 9.21 Å². The zero-order valence-corrected chi connectivity index (χ0v) is 17.1. The Labute approximate surface area is 163 Å². The van der Waals surface area contributed by atoms with Gasteiger partial charge in [-0.1, -0.05) is 18.5 Å². The van der Waals surface area contributed by atoms with Crippen molar-refractivity contribution in [3.8, 4) is 0 Å². The zero-order valence-electron chi connectivity index (χ0n) is 14.7. The lowest BCUT2D eigenvalue weighted by Crippen LogP contribution is -2.50. The number of carbonyl (C=O) groups is 1. The van der Waals surface area contributed by atoms with Gasteiger partial charge in [0, 0.05) is 36.1 Å². The Morgan fingerprint density at radius 1 is 1.15 bits per heavy atom. The number of thiophene rings is 1. The van der Waals surface area contributed by atoms with Crippen LogP contribution in [0.25, 0.3) is 0 Å². The van der Waals surface area contributed by atoms with Crippen LogP contribution in [0.15, 0.2) is 35.2 Å². The Morgan fingerprint density at radius 3 is 2.31 bits per heavy atom. The molecule has 0 radical (unpaired) electrons. The first-order chi connectivity index (χ1) is 12.3. The van der Waals surface area contributed by atoms with Crippen LogP contribution in [0.5, 0.6) is 0 Å². The first-order valence-electron chi connectivity index (χ1n) is 8.47. The van der Waals surface area contributed by atoms with Crippen molar-refractivity contribution in [3.63, 3.8) is 0 Å². The molecule has 2 aromatic rings. The van der Waals surface area contributed by atoms with Crippen LogP contribution in [0.1, 0.15) is 27.0 Å². The lowest BCUT2D eigenvalue weighted by atomic mass is 10.2. The number of halogens is 1. The summed E-state index contributed by atoms with van der Waals surface area (Å²) in [6.45, 7) is 5.47. The fourth-order valence-corrected chi connectivity index (χ4v) is 5.65. The molecule has 1 saturated heterocycles. The van der Waals surface area contributed by atoms with E-state index in [0.29, 0.717) is 31.2 Å². The fourth-order valence-electron chi connectivity index (χ4n) is 3.02. The summed E-state index contributed by atoms with van der Waals surface area (Å²) in [5.41, 5.74) is 1.20. The van der Waals surface area contributed by atoms with Gasteiger partial charge in [-0.05, 0) is 49.2 Å². The van der Waals surface area contributed by atoms with E-state index in [1.807, 2.05) is 13.0 Å². The van der Waals surface area contributed by atoms with Crippen LogP contribution >= 0.6 is 22.9 Å². The molecule has 1 amide bonds. The van der Waals surface area contributed by atoms with Gasteiger partial charge < -0.3 is 4.90 Å². The summed E-state index contributed by atoms with van der Waals surface area (Å²) in [5.74, 6) is -0.0126. The number of hydrogen-bond donors (Lipinski definition) is 0. The van der Waals surface area contributed by atoms with E-state index in [2.05, 4.69) is 6.92 Å². The molecule has 0 N–H and O–H groups in total. The fraction of sp³-hybridized carbons (Fsp3) is 0.389. The number of nitrogens with zero attached hydrogens (tertiary/aromatic N) is 2. The third-order valence-electron chi connectivity index (χ3n) is 4.59. The second-order valence-electron chi connectivity index (χ2n) is 6.20. The van der Waals surface area contributed by atoms with E-state index in [1.54, 1.807) is 17.0 Å². The first kappa shape index (κ1) is 19.4. The van der Waals surface area contributed by atoms with Crippen molar-refractivity contribution < 1.29 is 13.2 Å². The van der Waals surface area contributed by atoms with Gasteiger partial charge in [-0.15, -0.1) is 11.3 Å². The molecular weight excluding hydrogens is 392 g/mol. The monoisotopic (exact) mass is 412 g/mol. The molecule has 8 heteroatoms. The average Bonchev–Trinajstić information content (AvgIpc) is 3.02. The standard InChI is InChI=1S/C18H21ClN2O3S2/c1-3-14-12-17(25-13(14)2)18(22)20-8-10-21(11-9-20)26(23,24)16-6-4-15(19)5-7-16/h4-7,12H,3,8-11H2,1-2H3. The topological polar surface area (TPSA) is 57.7 Å². The Balaban J connectivity index is 1.68. The van der Waals surface area contributed by atoms with E-state index in [0.717, 1.165) is 11.3 Å². The summed E-state index contributed by atoms with van der Waals surface area (Å²) in [6, 6.07) is 8.11. The Bertz CT molecular complexity index is 899. The molecule has 140 valence electrons. The van der Waals surface area contributed by atoms with Gasteiger partial charge in [-0.25, -0.2) is 8.42 Å². The van der Waals surface area contributed by atoms with Crippen LogP contribution in [-0.2, 0) is 16.4 Å². The minimum absolute atomic E-state index is 0.0126. The smallest absolute Gasteiger partial charge is 0.264 e. The second kappa shape index (κ2) is 7.68. The van der Waals surface area contributed by atoms with Crippen LogP contribution in [0.2, 0.25) is 5.02 Å². The molecule has 1 aromatic carbocycles. The Hall–Kier alpha value is -1.41. The van der Waals surface area contributed by atoms with Gasteiger partial charge in [0.25, 0.3) is 5.91 Å². The van der Waals surface area contributed by atoms with Crippen LogP contribution < -0.4 is 0 Å². The quantitative estimate of drug-likeness (QED) is 0.773. The van der Waals surface area contributed by atoms with Gasteiger partial charge in [0.15, 0.2) is 0 Å². The lowest BCUT2D eigenvalue weighted by molar-refractivity contribution is 0.0702. The van der Waals surface area contributed by atoms with Crippen molar-refractivity contribution in [2.24, 2.45) is 0 Å². The number of rotatable bonds is 4. The average molecular weight is 413 g/mol. The molecule has 2 heterocycles. The third-order valence-corrected chi connectivity index (χ3v) is 7.84. The third kappa shape index (κ3) is 3.81. The van der Waals surface area contributed by atoms with Crippen molar-refractivity contribution in [1.29, 1.82) is 0 Å². The summed E-state index contributed by atoms with van der Waals surface area (Å²) < 4.78 is 26.9. The maximum atomic E-state index is 12.7. The Morgan fingerprint density at radius 2 is 1.77 bits per heavy atom. The molecule has 5 nitrogen and oxygen atoms in total. The highest BCUT2D eigenvalue weighted by molar-refractivity contribution is 7.89. The summed E-state index contributed by atoms with van der Waals surface area (Å²) in [5, 5.41) is 0.497. The van der Waals surface area contributed by atoms with Gasteiger partial charge in [0.2, 0.25) is 10.0 Å². The molecule has 3 rings (SSSR count). The van der Waals surface area contributed by atoms with Gasteiger partial charge in [0.1, 0.15) is 0 Å². The zero-order chi connectivity index (χ0) is 18.9. The van der Waals surface area contributed by atoms with Crippen LogP contribution in [-0.4, -0.2) is 49.7 Å². The van der Waals surface area contributed by atoms with Gasteiger partial charge in [0.05, 0.1) is 9.77 Å². The first-order valence-corrected chi connectivity index (χ1v) is 11.1. The van der Waals surface area contributed by atoms with Crippen molar-refractivity contribution >= 4 is 38.9 Å². The highest BCUT2D eigenvalue weighted by Crippen LogP contribution is 2.25. The molecule has 1 aromatic heterocycles. The van der Waals surface area contributed by atoms with E-state index in [-0.39, 0.29) is 10.8 Å². The highest BCUT2D eigenvalue weighted by atomic mass is 35.5. The maximum absolute atomic E-state index is 12.7. The highest BCUT2D eigenvalue weighted by Gasteiger charge is 2.30. The normalized spacial score (nSPS) is 16.0. The molecule has 1 fully saturated rings. The maximum Gasteiger partial charge on any atom is 0.264 e. The van der Waals surface area contributed by atoms with E-state index < -0.39 is 10.0 Å². The number of piperazine rings is 1. The molecule has 0 atom stereocenters. The number of amides is 1. The summed E-state index contributed by atoms with van der Waals surface area (Å²) in [6.07, 6.45) is 0.905. The van der Waals surface area contributed by atoms with E-state index in [9.17, 15) is 13.2 Å². The van der Waals surface area contributed by atoms with Gasteiger partial charge in [-0.3, -0.25) is 4.79 Å². The molecule has 0 unspecified atom stereocenters. The van der Waals surface area contributed by atoms with Crippen LogP contribution in [0, 0.1) is 6.92 Å². The summed E-state index contributed by atoms with van der Waals surface area (Å²) >= 11 is 7.34. The number of aryl methyl sites for hydroxylation is 2. The predicted molar refractivity (Wildman–Crippen MR) is 105 cm³/mol. The largest absolute Gasteiger partial charge is 0.335 e. The molecule has 0 spiro atoms.